The summed E-state index contributed by atoms with van der Waals surface area (Å²) in [4.78, 5) is 4.51. The predicted octanol–water partition coefficient (Wildman–Crippen LogP) is 2.07. The fraction of sp³-hybridized carbons (Fsp3) is 0.667. The highest BCUT2D eigenvalue weighted by Crippen LogP contribution is 2.27. The average molecular weight is 268 g/mol. The molecule has 1 aliphatic rings. The molecule has 0 radical (unpaired) electrons. The van der Waals surface area contributed by atoms with Crippen LogP contribution >= 0.6 is 11.8 Å². The van der Waals surface area contributed by atoms with Crippen molar-refractivity contribution in [1.29, 1.82) is 0 Å². The molecule has 100 valence electrons. The van der Waals surface area contributed by atoms with Crippen molar-refractivity contribution in [3.05, 3.63) is 12.4 Å². The lowest BCUT2D eigenvalue weighted by atomic mass is 10.1. The first kappa shape index (κ1) is 13.4. The zero-order valence-electron chi connectivity index (χ0n) is 11.1. The number of thioether (sulfide) groups is 1. The van der Waals surface area contributed by atoms with Crippen molar-refractivity contribution in [2.24, 2.45) is 10.9 Å². The minimum atomic E-state index is 0.594. The van der Waals surface area contributed by atoms with Gasteiger partial charge in [-0.15, -0.1) is 0 Å². The third-order valence-corrected chi connectivity index (χ3v) is 4.28. The Hall–Kier alpha value is -1.01. The lowest BCUT2D eigenvalue weighted by molar-refractivity contribution is 0.183. The number of rotatable bonds is 5. The van der Waals surface area contributed by atoms with Crippen LogP contribution in [-0.4, -0.2) is 40.5 Å². The van der Waals surface area contributed by atoms with Crippen LogP contribution in [0.3, 0.4) is 0 Å². The van der Waals surface area contributed by atoms with Crippen molar-refractivity contribution in [3.8, 4) is 0 Å². The lowest BCUT2D eigenvalue weighted by Crippen LogP contribution is -2.12. The van der Waals surface area contributed by atoms with Crippen molar-refractivity contribution >= 4 is 22.6 Å². The second-order valence-electron chi connectivity index (χ2n) is 4.66. The van der Waals surface area contributed by atoms with Gasteiger partial charge in [-0.1, -0.05) is 25.6 Å². The normalized spacial score (nSPS) is 19.3. The second kappa shape index (κ2) is 6.24. The molecule has 5 nitrogen and oxygen atoms in total. The van der Waals surface area contributed by atoms with E-state index < -0.39 is 0 Å². The molecule has 1 unspecified atom stereocenters. The molecule has 1 aromatic heterocycles. The van der Waals surface area contributed by atoms with Crippen LogP contribution < -0.4 is 5.32 Å². The maximum Gasteiger partial charge on any atom is 0.161 e. The molecule has 1 N–H and O–H groups in total. The molecule has 2 rings (SSSR count). The van der Waals surface area contributed by atoms with Crippen LogP contribution in [0.5, 0.6) is 0 Å². The Bertz CT molecular complexity index is 416. The van der Waals surface area contributed by atoms with Crippen LogP contribution in [0.15, 0.2) is 17.4 Å². The zero-order chi connectivity index (χ0) is 13.0. The van der Waals surface area contributed by atoms with Gasteiger partial charge in [0.2, 0.25) is 0 Å². The molecular formula is C12H20N4OS. The van der Waals surface area contributed by atoms with Crippen molar-refractivity contribution in [2.75, 3.05) is 25.6 Å². The molecule has 0 spiro atoms. The van der Waals surface area contributed by atoms with Crippen molar-refractivity contribution in [1.82, 2.24) is 9.78 Å². The number of amidine groups is 1. The molecule has 2 heterocycles. The fourth-order valence-corrected chi connectivity index (χ4v) is 2.70. The van der Waals surface area contributed by atoms with Crippen LogP contribution in [-0.2, 0) is 11.3 Å². The largest absolute Gasteiger partial charge is 0.383 e. The van der Waals surface area contributed by atoms with Gasteiger partial charge in [-0.05, 0) is 5.92 Å². The van der Waals surface area contributed by atoms with Gasteiger partial charge < -0.3 is 10.1 Å². The number of aromatic nitrogens is 2. The Balaban J connectivity index is 1.85. The first-order valence-electron chi connectivity index (χ1n) is 6.18. The summed E-state index contributed by atoms with van der Waals surface area (Å²) in [5.41, 5.74) is 0.988. The van der Waals surface area contributed by atoms with E-state index in [0.717, 1.165) is 23.9 Å². The average Bonchev–Trinajstić information content (AvgIpc) is 2.96. The molecular weight excluding hydrogens is 248 g/mol. The molecule has 0 fully saturated rings. The molecule has 6 heteroatoms. The summed E-state index contributed by atoms with van der Waals surface area (Å²) in [5, 5.41) is 9.16. The molecule has 1 aromatic rings. The van der Waals surface area contributed by atoms with E-state index in [1.165, 1.54) is 0 Å². The standard InChI is InChI=1S/C12H20N4OS/c1-9(2)11-7-13-12(18-11)15-10-6-14-16(8-10)4-5-17-3/h6,8-9,11H,4-5,7H2,1-3H3,(H,13,15). The van der Waals surface area contributed by atoms with Gasteiger partial charge in [-0.2, -0.15) is 5.10 Å². The third kappa shape index (κ3) is 3.49. The van der Waals surface area contributed by atoms with Gasteiger partial charge >= 0.3 is 0 Å². The molecule has 1 atom stereocenters. The molecule has 0 saturated heterocycles. The summed E-state index contributed by atoms with van der Waals surface area (Å²) in [6.45, 7) is 6.82. The maximum absolute atomic E-state index is 5.02. The van der Waals surface area contributed by atoms with Crippen LogP contribution in [0.2, 0.25) is 0 Å². The lowest BCUT2D eigenvalue weighted by Gasteiger charge is -2.11. The van der Waals surface area contributed by atoms with Gasteiger partial charge in [-0.3, -0.25) is 9.67 Å². The Morgan fingerprint density at radius 1 is 1.61 bits per heavy atom. The Morgan fingerprint density at radius 3 is 3.11 bits per heavy atom. The first-order chi connectivity index (χ1) is 8.69. The summed E-state index contributed by atoms with van der Waals surface area (Å²) in [5.74, 6) is 0.655. The van der Waals surface area contributed by atoms with E-state index in [0.29, 0.717) is 17.8 Å². The van der Waals surface area contributed by atoms with Crippen molar-refractivity contribution in [2.45, 2.75) is 25.6 Å². The van der Waals surface area contributed by atoms with E-state index in [-0.39, 0.29) is 0 Å². The van der Waals surface area contributed by atoms with Crippen LogP contribution in [0.4, 0.5) is 5.69 Å². The number of aliphatic imine (C=N–C) groups is 1. The monoisotopic (exact) mass is 268 g/mol. The first-order valence-corrected chi connectivity index (χ1v) is 7.06. The van der Waals surface area contributed by atoms with Crippen LogP contribution in [0.25, 0.3) is 0 Å². The second-order valence-corrected chi connectivity index (χ2v) is 5.88. The third-order valence-electron chi connectivity index (χ3n) is 2.83. The summed E-state index contributed by atoms with van der Waals surface area (Å²) >= 11 is 1.82. The fourth-order valence-electron chi connectivity index (χ4n) is 1.67. The number of hydrogen-bond donors (Lipinski definition) is 1. The van der Waals surface area contributed by atoms with E-state index in [9.17, 15) is 0 Å². The van der Waals surface area contributed by atoms with E-state index in [4.69, 9.17) is 4.74 Å². The number of hydrogen-bond acceptors (Lipinski definition) is 5. The van der Waals surface area contributed by atoms with Crippen LogP contribution in [0.1, 0.15) is 13.8 Å². The maximum atomic E-state index is 5.02. The summed E-state index contributed by atoms with van der Waals surface area (Å²) < 4.78 is 6.89. The number of nitrogens with zero attached hydrogens (tertiary/aromatic N) is 3. The van der Waals surface area contributed by atoms with Gasteiger partial charge in [0.25, 0.3) is 0 Å². The minimum absolute atomic E-state index is 0.594. The molecule has 0 bridgehead atoms. The minimum Gasteiger partial charge on any atom is -0.383 e. The van der Waals surface area contributed by atoms with Crippen LogP contribution in [0, 0.1) is 5.92 Å². The molecule has 0 saturated carbocycles. The number of nitrogens with one attached hydrogen (secondary N) is 1. The highest BCUT2D eigenvalue weighted by molar-refractivity contribution is 8.15. The topological polar surface area (TPSA) is 51.4 Å². The highest BCUT2D eigenvalue weighted by atomic mass is 32.2. The van der Waals surface area contributed by atoms with Gasteiger partial charge in [0.15, 0.2) is 5.17 Å². The van der Waals surface area contributed by atoms with E-state index in [1.54, 1.807) is 7.11 Å². The molecule has 0 aromatic carbocycles. The van der Waals surface area contributed by atoms with Crippen molar-refractivity contribution in [3.63, 3.8) is 0 Å². The SMILES string of the molecule is COCCn1cc(NC2=NCC(C(C)C)S2)cn1. The predicted molar refractivity (Wildman–Crippen MR) is 76.2 cm³/mol. The van der Waals surface area contributed by atoms with Gasteiger partial charge in [-0.25, -0.2) is 0 Å². The molecule has 0 amide bonds. The molecule has 0 aliphatic carbocycles. The van der Waals surface area contributed by atoms with E-state index >= 15 is 0 Å². The van der Waals surface area contributed by atoms with E-state index in [2.05, 4.69) is 29.3 Å². The van der Waals surface area contributed by atoms with Gasteiger partial charge in [0.05, 0.1) is 31.6 Å². The number of ether oxygens (including phenoxy) is 1. The Kier molecular flexibility index (Phi) is 4.66. The quantitative estimate of drug-likeness (QED) is 0.888. The summed E-state index contributed by atoms with van der Waals surface area (Å²) in [6.07, 6.45) is 3.80. The number of methoxy groups -OCH3 is 1. The van der Waals surface area contributed by atoms with Crippen molar-refractivity contribution < 1.29 is 4.74 Å². The van der Waals surface area contributed by atoms with E-state index in [1.807, 2.05) is 28.8 Å². The highest BCUT2D eigenvalue weighted by Gasteiger charge is 2.22. The van der Waals surface area contributed by atoms with Gasteiger partial charge in [0, 0.05) is 18.6 Å². The Morgan fingerprint density at radius 2 is 2.44 bits per heavy atom. The molecule has 1 aliphatic heterocycles. The summed E-state index contributed by atoms with van der Waals surface area (Å²) in [6, 6.07) is 0. The zero-order valence-corrected chi connectivity index (χ0v) is 11.9. The summed E-state index contributed by atoms with van der Waals surface area (Å²) in [7, 11) is 1.69. The van der Waals surface area contributed by atoms with Gasteiger partial charge in [0.1, 0.15) is 0 Å². The molecule has 18 heavy (non-hydrogen) atoms. The number of anilines is 1. The Labute approximate surface area is 112 Å². The smallest absolute Gasteiger partial charge is 0.161 e.